The summed E-state index contributed by atoms with van der Waals surface area (Å²) in [5.74, 6) is 0.876. The van der Waals surface area contributed by atoms with E-state index < -0.39 is 5.97 Å². The van der Waals surface area contributed by atoms with E-state index in [1.165, 1.54) is 0 Å². The lowest BCUT2D eigenvalue weighted by Crippen LogP contribution is -2.01. The molecule has 1 aromatic carbocycles. The fourth-order valence-corrected chi connectivity index (χ4v) is 3.11. The van der Waals surface area contributed by atoms with Crippen molar-refractivity contribution in [2.75, 3.05) is 5.32 Å². The number of benzene rings is 1. The number of anilines is 1. The molecule has 0 bridgehead atoms. The highest BCUT2D eigenvalue weighted by molar-refractivity contribution is 5.75. The lowest BCUT2D eigenvalue weighted by molar-refractivity contribution is -0.138. The van der Waals surface area contributed by atoms with Crippen LogP contribution in [0.3, 0.4) is 0 Å². The number of hydrogen-bond donors (Lipinski definition) is 3. The zero-order chi connectivity index (χ0) is 17.4. The van der Waals surface area contributed by atoms with Gasteiger partial charge >= 0.3 is 5.97 Å². The Kier molecular flexibility index (Phi) is 3.80. The van der Waals surface area contributed by atoms with Gasteiger partial charge in [0, 0.05) is 17.8 Å². The van der Waals surface area contributed by atoms with Gasteiger partial charge in [-0.3, -0.25) is 9.89 Å². The van der Waals surface area contributed by atoms with Gasteiger partial charge in [-0.25, -0.2) is 0 Å². The highest BCUT2D eigenvalue weighted by Crippen LogP contribution is 2.47. The second-order valence-electron chi connectivity index (χ2n) is 6.44. The van der Waals surface area contributed by atoms with Crippen molar-refractivity contribution in [2.45, 2.75) is 25.8 Å². The van der Waals surface area contributed by atoms with Crippen LogP contribution in [0.15, 0.2) is 47.0 Å². The van der Waals surface area contributed by atoms with Crippen molar-refractivity contribution in [3.8, 4) is 11.5 Å². The molecule has 1 aliphatic rings. The van der Waals surface area contributed by atoms with E-state index in [0.717, 1.165) is 40.4 Å². The first-order valence-corrected chi connectivity index (χ1v) is 8.27. The van der Waals surface area contributed by atoms with Gasteiger partial charge in [0.25, 0.3) is 0 Å². The fourth-order valence-electron chi connectivity index (χ4n) is 3.11. The third kappa shape index (κ3) is 3.15. The van der Waals surface area contributed by atoms with E-state index in [1.54, 1.807) is 6.20 Å². The summed E-state index contributed by atoms with van der Waals surface area (Å²) in [7, 11) is 0. The van der Waals surface area contributed by atoms with Crippen molar-refractivity contribution in [3.05, 3.63) is 59.5 Å². The summed E-state index contributed by atoms with van der Waals surface area (Å²) in [6.45, 7) is 2.53. The molecule has 1 fully saturated rings. The summed E-state index contributed by atoms with van der Waals surface area (Å²) >= 11 is 0. The third-order valence-electron chi connectivity index (χ3n) is 4.63. The maximum absolute atomic E-state index is 11.0. The first-order chi connectivity index (χ1) is 12.1. The highest BCUT2D eigenvalue weighted by Gasteiger charge is 2.43. The average molecular weight is 337 g/mol. The molecule has 128 valence electrons. The molecule has 2 aromatic heterocycles. The molecular formula is C19H19N3O3. The maximum atomic E-state index is 11.0. The van der Waals surface area contributed by atoms with Crippen LogP contribution in [0.2, 0.25) is 0 Å². The van der Waals surface area contributed by atoms with E-state index in [0.29, 0.717) is 6.54 Å². The second-order valence-corrected chi connectivity index (χ2v) is 6.44. The zero-order valence-electron chi connectivity index (χ0n) is 13.8. The Morgan fingerprint density at radius 1 is 1.32 bits per heavy atom. The number of rotatable bonds is 6. The largest absolute Gasteiger partial charge is 0.481 e. The molecule has 1 saturated carbocycles. The van der Waals surface area contributed by atoms with E-state index in [1.807, 2.05) is 43.3 Å². The van der Waals surface area contributed by atoms with Crippen molar-refractivity contribution < 1.29 is 14.3 Å². The maximum Gasteiger partial charge on any atom is 0.307 e. The number of carboxylic acid groups (broad SMARTS) is 1. The van der Waals surface area contributed by atoms with Gasteiger partial charge in [-0.15, -0.1) is 0 Å². The van der Waals surface area contributed by atoms with Gasteiger partial charge in [-0.1, -0.05) is 12.1 Å². The van der Waals surface area contributed by atoms with E-state index in [9.17, 15) is 4.79 Å². The Bertz CT molecular complexity index is 895. The molecular weight excluding hydrogens is 318 g/mol. The van der Waals surface area contributed by atoms with Crippen LogP contribution in [0.1, 0.15) is 29.2 Å². The molecule has 2 heterocycles. The Morgan fingerprint density at radius 3 is 2.76 bits per heavy atom. The molecule has 0 unspecified atom stereocenters. The van der Waals surface area contributed by atoms with Crippen LogP contribution in [0.4, 0.5) is 5.69 Å². The number of carbonyl (C=O) groups is 1. The minimum absolute atomic E-state index is 0.161. The predicted molar refractivity (Wildman–Crippen MR) is 93.3 cm³/mol. The first kappa shape index (κ1) is 15.5. The Balaban J connectivity index is 1.41. The zero-order valence-corrected chi connectivity index (χ0v) is 13.8. The number of H-pyrrole nitrogens is 1. The summed E-state index contributed by atoms with van der Waals surface area (Å²) in [6.07, 6.45) is 2.53. The van der Waals surface area contributed by atoms with Crippen LogP contribution in [0, 0.1) is 12.8 Å². The second kappa shape index (κ2) is 6.12. The average Bonchev–Trinajstić information content (AvgIpc) is 3.08. The lowest BCUT2D eigenvalue weighted by atomic mass is 10.1. The summed E-state index contributed by atoms with van der Waals surface area (Å²) in [5.41, 5.74) is 3.97. The number of hydrogen-bond acceptors (Lipinski definition) is 4. The SMILES string of the molecule is Cc1ccc(-c2[nH]ncc2CNc2ccc([C@@H]3C[C@H]3C(=O)O)cc2)o1. The van der Waals surface area contributed by atoms with Gasteiger partial charge in [0.05, 0.1) is 12.1 Å². The topological polar surface area (TPSA) is 91.2 Å². The van der Waals surface area contributed by atoms with Gasteiger partial charge in [0.15, 0.2) is 5.76 Å². The third-order valence-corrected chi connectivity index (χ3v) is 4.63. The molecule has 1 aliphatic carbocycles. The summed E-state index contributed by atoms with van der Waals surface area (Å²) in [6, 6.07) is 11.8. The molecule has 0 radical (unpaired) electrons. The molecule has 6 nitrogen and oxygen atoms in total. The van der Waals surface area contributed by atoms with Crippen LogP contribution in [-0.2, 0) is 11.3 Å². The molecule has 25 heavy (non-hydrogen) atoms. The molecule has 0 spiro atoms. The van der Waals surface area contributed by atoms with Crippen molar-refractivity contribution in [2.24, 2.45) is 5.92 Å². The number of nitrogens with zero attached hydrogens (tertiary/aromatic N) is 1. The van der Waals surface area contributed by atoms with Crippen molar-refractivity contribution in [1.82, 2.24) is 10.2 Å². The highest BCUT2D eigenvalue weighted by atomic mass is 16.4. The van der Waals surface area contributed by atoms with Crippen LogP contribution in [0.25, 0.3) is 11.5 Å². The van der Waals surface area contributed by atoms with Crippen LogP contribution < -0.4 is 5.32 Å². The molecule has 4 rings (SSSR count). The van der Waals surface area contributed by atoms with E-state index in [-0.39, 0.29) is 11.8 Å². The normalized spacial score (nSPS) is 18.9. The number of aromatic amines is 1. The predicted octanol–water partition coefficient (Wildman–Crippen LogP) is 3.78. The van der Waals surface area contributed by atoms with E-state index >= 15 is 0 Å². The van der Waals surface area contributed by atoms with E-state index in [4.69, 9.17) is 9.52 Å². The minimum atomic E-state index is -0.701. The fraction of sp³-hybridized carbons (Fsp3) is 0.263. The molecule has 2 atom stereocenters. The van der Waals surface area contributed by atoms with Crippen molar-refractivity contribution in [3.63, 3.8) is 0 Å². The van der Waals surface area contributed by atoms with Crippen molar-refractivity contribution >= 4 is 11.7 Å². The number of furan rings is 1. The standard InChI is InChI=1S/C19H19N3O3/c1-11-2-7-17(25-11)18-13(10-21-22-18)9-20-14-5-3-12(4-6-14)15-8-16(15)19(23)24/h2-7,10,15-16,20H,8-9H2,1H3,(H,21,22)(H,23,24)/t15-,16+/m0/s1. The quantitative estimate of drug-likeness (QED) is 0.637. The van der Waals surface area contributed by atoms with Gasteiger partial charge in [-0.2, -0.15) is 5.10 Å². The summed E-state index contributed by atoms with van der Waals surface area (Å²) in [5, 5.41) is 19.5. The monoisotopic (exact) mass is 337 g/mol. The molecule has 3 aromatic rings. The number of aromatic nitrogens is 2. The van der Waals surface area contributed by atoms with Crippen LogP contribution >= 0.6 is 0 Å². The Morgan fingerprint density at radius 2 is 2.12 bits per heavy atom. The smallest absolute Gasteiger partial charge is 0.307 e. The van der Waals surface area contributed by atoms with Crippen LogP contribution in [0.5, 0.6) is 0 Å². The Labute approximate surface area is 144 Å². The van der Waals surface area contributed by atoms with Crippen molar-refractivity contribution in [1.29, 1.82) is 0 Å². The Hall–Kier alpha value is -3.02. The molecule has 0 saturated heterocycles. The van der Waals surface area contributed by atoms with E-state index in [2.05, 4.69) is 15.5 Å². The van der Waals surface area contributed by atoms with Gasteiger partial charge in [0.2, 0.25) is 0 Å². The van der Waals surface area contributed by atoms with Crippen LogP contribution in [-0.4, -0.2) is 21.3 Å². The van der Waals surface area contributed by atoms with Gasteiger partial charge in [-0.05, 0) is 49.1 Å². The minimum Gasteiger partial charge on any atom is -0.481 e. The summed E-state index contributed by atoms with van der Waals surface area (Å²) < 4.78 is 5.65. The molecule has 3 N–H and O–H groups in total. The van der Waals surface area contributed by atoms with Gasteiger partial charge < -0.3 is 14.8 Å². The molecule has 0 aliphatic heterocycles. The number of aliphatic carboxylic acids is 1. The number of nitrogens with one attached hydrogen (secondary N) is 2. The number of carboxylic acids is 1. The first-order valence-electron chi connectivity index (χ1n) is 8.27. The lowest BCUT2D eigenvalue weighted by Gasteiger charge is -2.07. The molecule has 0 amide bonds. The molecule has 6 heteroatoms. The number of aryl methyl sites for hydroxylation is 1. The summed E-state index contributed by atoms with van der Waals surface area (Å²) in [4.78, 5) is 11.0. The van der Waals surface area contributed by atoms with Gasteiger partial charge in [0.1, 0.15) is 11.5 Å².